The molecule has 74 valence electrons. The van der Waals surface area contributed by atoms with Crippen LogP contribution in [0.15, 0.2) is 17.1 Å². The molecule has 14 heavy (non-hydrogen) atoms. The molecular weight excluding hydrogens is 176 g/mol. The van der Waals surface area contributed by atoms with E-state index in [9.17, 15) is 0 Å². The average Bonchev–Trinajstić information content (AvgIpc) is 2.73. The van der Waals surface area contributed by atoms with Crippen LogP contribution in [0.2, 0.25) is 0 Å². The van der Waals surface area contributed by atoms with Gasteiger partial charge in [0.05, 0.1) is 6.04 Å². The molecule has 0 saturated heterocycles. The van der Waals surface area contributed by atoms with Crippen molar-refractivity contribution in [2.75, 3.05) is 0 Å². The highest BCUT2D eigenvalue weighted by Gasteiger charge is 2.61. The second kappa shape index (κ2) is 2.15. The Hall–Kier alpha value is -0.990. The SMILES string of the molecule is NC1=N[C@@H]2C3CC(C4CC=CC43)[C@@H]2O1. The summed E-state index contributed by atoms with van der Waals surface area (Å²) in [5.41, 5.74) is 5.64. The first kappa shape index (κ1) is 7.32. The van der Waals surface area contributed by atoms with E-state index < -0.39 is 0 Å². The van der Waals surface area contributed by atoms with Crippen LogP contribution in [-0.2, 0) is 4.74 Å². The van der Waals surface area contributed by atoms with Crippen LogP contribution in [0.4, 0.5) is 0 Å². The van der Waals surface area contributed by atoms with Gasteiger partial charge in [-0.25, -0.2) is 4.99 Å². The summed E-state index contributed by atoms with van der Waals surface area (Å²) in [5, 5.41) is 0. The average molecular weight is 190 g/mol. The van der Waals surface area contributed by atoms with Crippen LogP contribution >= 0.6 is 0 Å². The first-order valence-corrected chi connectivity index (χ1v) is 5.51. The lowest BCUT2D eigenvalue weighted by atomic mass is 9.77. The fraction of sp³-hybridized carbons (Fsp3) is 0.727. The van der Waals surface area contributed by atoms with Gasteiger partial charge >= 0.3 is 0 Å². The number of aliphatic imine (C=N–C) groups is 1. The standard InChI is InChI=1S/C11H14N2O/c12-11-13-9-7-4-8(10(9)14-11)6-3-1-2-5(6)7/h1-2,5-10H,3-4H2,(H2,12,13)/t5?,6?,7?,8?,9-,10+/m1/s1. The lowest BCUT2D eigenvalue weighted by Gasteiger charge is -2.31. The van der Waals surface area contributed by atoms with E-state index in [-0.39, 0.29) is 0 Å². The highest BCUT2D eigenvalue weighted by molar-refractivity contribution is 5.74. The van der Waals surface area contributed by atoms with Crippen LogP contribution in [-0.4, -0.2) is 18.2 Å². The first-order chi connectivity index (χ1) is 6.84. The summed E-state index contributed by atoms with van der Waals surface area (Å²) in [7, 11) is 0. The number of hydrogen-bond donors (Lipinski definition) is 1. The zero-order valence-electron chi connectivity index (χ0n) is 7.97. The molecule has 2 fully saturated rings. The monoisotopic (exact) mass is 190 g/mol. The molecule has 4 unspecified atom stereocenters. The molecule has 2 N–H and O–H groups in total. The Morgan fingerprint density at radius 3 is 3.21 bits per heavy atom. The fourth-order valence-corrected chi connectivity index (χ4v) is 4.14. The number of hydrogen-bond acceptors (Lipinski definition) is 3. The summed E-state index contributed by atoms with van der Waals surface area (Å²) < 4.78 is 5.63. The number of rotatable bonds is 0. The Morgan fingerprint density at radius 1 is 1.36 bits per heavy atom. The Morgan fingerprint density at radius 2 is 2.29 bits per heavy atom. The van der Waals surface area contributed by atoms with Crippen molar-refractivity contribution < 1.29 is 4.74 Å². The van der Waals surface area contributed by atoms with E-state index in [1.807, 2.05) is 0 Å². The molecule has 0 aromatic heterocycles. The van der Waals surface area contributed by atoms with Gasteiger partial charge in [-0.1, -0.05) is 12.2 Å². The molecule has 6 atom stereocenters. The van der Waals surface area contributed by atoms with Crippen molar-refractivity contribution in [2.45, 2.75) is 25.0 Å². The zero-order valence-corrected chi connectivity index (χ0v) is 7.97. The van der Waals surface area contributed by atoms with Crippen LogP contribution in [0.1, 0.15) is 12.8 Å². The summed E-state index contributed by atoms with van der Waals surface area (Å²) in [4.78, 5) is 4.43. The Kier molecular flexibility index (Phi) is 1.13. The lowest BCUT2D eigenvalue weighted by molar-refractivity contribution is 0.0857. The van der Waals surface area contributed by atoms with E-state index in [4.69, 9.17) is 10.5 Å². The lowest BCUT2D eigenvalue weighted by Crippen LogP contribution is -2.38. The summed E-state index contributed by atoms with van der Waals surface area (Å²) in [6.07, 6.45) is 7.61. The predicted molar refractivity (Wildman–Crippen MR) is 52.6 cm³/mol. The second-order valence-corrected chi connectivity index (χ2v) is 5.01. The van der Waals surface area contributed by atoms with Crippen molar-refractivity contribution in [1.82, 2.24) is 0 Å². The molecule has 0 aromatic rings. The van der Waals surface area contributed by atoms with Gasteiger partial charge in [-0.05, 0) is 30.6 Å². The molecule has 0 aromatic carbocycles. The van der Waals surface area contributed by atoms with Gasteiger partial charge in [0.2, 0.25) is 0 Å². The molecule has 3 heteroatoms. The van der Waals surface area contributed by atoms with Crippen molar-refractivity contribution in [2.24, 2.45) is 34.4 Å². The number of nitrogens with two attached hydrogens (primary N) is 1. The smallest absolute Gasteiger partial charge is 0.282 e. The minimum absolute atomic E-state index is 0.321. The molecule has 2 bridgehead atoms. The van der Waals surface area contributed by atoms with Gasteiger partial charge in [-0.2, -0.15) is 0 Å². The molecule has 0 amide bonds. The first-order valence-electron chi connectivity index (χ1n) is 5.51. The number of ether oxygens (including phenoxy) is 1. The largest absolute Gasteiger partial charge is 0.460 e. The van der Waals surface area contributed by atoms with Gasteiger partial charge < -0.3 is 10.5 Å². The van der Waals surface area contributed by atoms with Gasteiger partial charge in [-0.15, -0.1) is 0 Å². The van der Waals surface area contributed by atoms with Gasteiger partial charge in [0, 0.05) is 5.92 Å². The summed E-state index contributed by atoms with van der Waals surface area (Å²) in [6, 6.07) is 0.808. The van der Waals surface area contributed by atoms with E-state index in [0.717, 1.165) is 23.7 Å². The molecule has 3 nitrogen and oxygen atoms in total. The van der Waals surface area contributed by atoms with Crippen molar-refractivity contribution in [1.29, 1.82) is 0 Å². The maximum absolute atomic E-state index is 5.64. The van der Waals surface area contributed by atoms with Crippen molar-refractivity contribution in [3.8, 4) is 0 Å². The maximum atomic E-state index is 5.64. The van der Waals surface area contributed by atoms with Gasteiger partial charge in [0.25, 0.3) is 6.02 Å². The third-order valence-electron chi connectivity index (χ3n) is 4.58. The number of allylic oxidation sites excluding steroid dienone is 2. The molecule has 4 aliphatic rings. The second-order valence-electron chi connectivity index (χ2n) is 5.01. The highest BCUT2D eigenvalue weighted by atomic mass is 16.5. The number of amidine groups is 1. The molecular formula is C11H14N2O. The summed E-state index contributed by atoms with van der Waals surface area (Å²) in [6.45, 7) is 0. The van der Waals surface area contributed by atoms with E-state index in [1.165, 1.54) is 12.8 Å². The Labute approximate surface area is 83.0 Å². The van der Waals surface area contributed by atoms with Crippen LogP contribution in [0.25, 0.3) is 0 Å². The van der Waals surface area contributed by atoms with Gasteiger partial charge in [-0.3, -0.25) is 0 Å². The van der Waals surface area contributed by atoms with Crippen LogP contribution in [0.3, 0.4) is 0 Å². The number of nitrogens with zero attached hydrogens (tertiary/aromatic N) is 1. The predicted octanol–water partition coefficient (Wildman–Crippen LogP) is 0.910. The molecule has 4 rings (SSSR count). The minimum atomic E-state index is 0.321. The van der Waals surface area contributed by atoms with Crippen molar-refractivity contribution >= 4 is 6.02 Å². The minimum Gasteiger partial charge on any atom is -0.460 e. The van der Waals surface area contributed by atoms with Crippen LogP contribution < -0.4 is 5.73 Å². The third kappa shape index (κ3) is 0.656. The van der Waals surface area contributed by atoms with Crippen molar-refractivity contribution in [3.05, 3.63) is 12.2 Å². The highest BCUT2D eigenvalue weighted by Crippen LogP contribution is 2.59. The number of fused-ring (bicyclic) bond motifs is 8. The molecule has 0 spiro atoms. The zero-order chi connectivity index (χ0) is 9.28. The third-order valence-corrected chi connectivity index (χ3v) is 4.58. The molecule has 2 saturated carbocycles. The van der Waals surface area contributed by atoms with Crippen LogP contribution in [0.5, 0.6) is 0 Å². The van der Waals surface area contributed by atoms with E-state index in [0.29, 0.717) is 18.2 Å². The molecule has 0 radical (unpaired) electrons. The maximum Gasteiger partial charge on any atom is 0.282 e. The molecule has 3 aliphatic carbocycles. The summed E-state index contributed by atoms with van der Waals surface area (Å²) >= 11 is 0. The normalized spacial score (nSPS) is 57.0. The van der Waals surface area contributed by atoms with Gasteiger partial charge in [0.15, 0.2) is 0 Å². The topological polar surface area (TPSA) is 47.6 Å². The summed E-state index contributed by atoms with van der Waals surface area (Å²) in [5.74, 6) is 3.05. The molecule has 1 heterocycles. The Balaban J connectivity index is 1.75. The van der Waals surface area contributed by atoms with Crippen LogP contribution in [0, 0.1) is 23.7 Å². The van der Waals surface area contributed by atoms with E-state index >= 15 is 0 Å². The Bertz CT molecular complexity index is 349. The van der Waals surface area contributed by atoms with E-state index in [2.05, 4.69) is 17.1 Å². The quantitative estimate of drug-likeness (QED) is 0.577. The van der Waals surface area contributed by atoms with Crippen molar-refractivity contribution in [3.63, 3.8) is 0 Å². The van der Waals surface area contributed by atoms with E-state index in [1.54, 1.807) is 0 Å². The van der Waals surface area contributed by atoms with Gasteiger partial charge in [0.1, 0.15) is 6.10 Å². The molecule has 1 aliphatic heterocycles. The fourth-order valence-electron chi connectivity index (χ4n) is 4.14.